The second-order valence-corrected chi connectivity index (χ2v) is 4.63. The lowest BCUT2D eigenvalue weighted by atomic mass is 10.1. The van der Waals surface area contributed by atoms with E-state index in [4.69, 9.17) is 16.3 Å². The van der Waals surface area contributed by atoms with Crippen LogP contribution in [-0.4, -0.2) is 7.05 Å². The highest BCUT2D eigenvalue weighted by atomic mass is 35.5. The van der Waals surface area contributed by atoms with E-state index in [-0.39, 0.29) is 11.9 Å². The minimum atomic E-state index is -0.288. The molecule has 4 heteroatoms. The summed E-state index contributed by atoms with van der Waals surface area (Å²) in [7, 11) is 1.81. The Morgan fingerprint density at radius 2 is 1.89 bits per heavy atom. The molecule has 0 saturated carbocycles. The molecule has 0 aromatic heterocycles. The average Bonchev–Trinajstić information content (AvgIpc) is 2.42. The molecule has 2 nitrogen and oxygen atoms in total. The Kier molecular flexibility index (Phi) is 4.40. The van der Waals surface area contributed by atoms with Crippen molar-refractivity contribution >= 4 is 11.6 Å². The molecule has 0 amide bonds. The van der Waals surface area contributed by atoms with E-state index in [0.717, 1.165) is 5.56 Å². The van der Waals surface area contributed by atoms with Gasteiger partial charge in [-0.2, -0.15) is 0 Å². The first-order chi connectivity index (χ1) is 9.11. The summed E-state index contributed by atoms with van der Waals surface area (Å²) in [4.78, 5) is 0. The SMILES string of the molecule is CNC(C)c1cc(F)ccc1Oc1ccccc1Cl. The van der Waals surface area contributed by atoms with E-state index in [9.17, 15) is 4.39 Å². The number of hydrogen-bond donors (Lipinski definition) is 1. The molecule has 2 aromatic rings. The van der Waals surface area contributed by atoms with Crippen LogP contribution in [0.5, 0.6) is 11.5 Å². The van der Waals surface area contributed by atoms with Gasteiger partial charge in [0.05, 0.1) is 5.02 Å². The van der Waals surface area contributed by atoms with Gasteiger partial charge in [-0.15, -0.1) is 0 Å². The van der Waals surface area contributed by atoms with Gasteiger partial charge >= 0.3 is 0 Å². The molecular weight excluding hydrogens is 265 g/mol. The van der Waals surface area contributed by atoms with Crippen LogP contribution >= 0.6 is 11.6 Å². The molecule has 100 valence electrons. The molecule has 0 aliphatic carbocycles. The van der Waals surface area contributed by atoms with Crippen molar-refractivity contribution in [3.05, 3.63) is 58.9 Å². The summed E-state index contributed by atoms with van der Waals surface area (Å²) in [6.45, 7) is 1.94. The molecule has 0 aliphatic heterocycles. The number of para-hydroxylation sites is 1. The Hall–Kier alpha value is -1.58. The van der Waals surface area contributed by atoms with Crippen LogP contribution in [0.15, 0.2) is 42.5 Å². The lowest BCUT2D eigenvalue weighted by Crippen LogP contribution is -2.13. The van der Waals surface area contributed by atoms with E-state index in [1.807, 2.05) is 26.1 Å². The normalized spacial score (nSPS) is 12.2. The van der Waals surface area contributed by atoms with Crippen molar-refractivity contribution in [1.82, 2.24) is 5.32 Å². The maximum absolute atomic E-state index is 13.4. The van der Waals surface area contributed by atoms with Crippen molar-refractivity contribution in [3.8, 4) is 11.5 Å². The van der Waals surface area contributed by atoms with Gasteiger partial charge in [-0.3, -0.25) is 0 Å². The Morgan fingerprint density at radius 3 is 2.58 bits per heavy atom. The highest BCUT2D eigenvalue weighted by molar-refractivity contribution is 6.32. The predicted molar refractivity (Wildman–Crippen MR) is 75.4 cm³/mol. The molecular formula is C15H15ClFNO. The fourth-order valence-electron chi connectivity index (χ4n) is 1.75. The molecule has 2 rings (SSSR count). The summed E-state index contributed by atoms with van der Waals surface area (Å²) >= 11 is 6.06. The maximum atomic E-state index is 13.4. The second-order valence-electron chi connectivity index (χ2n) is 4.22. The number of halogens is 2. The standard InChI is InChI=1S/C15H15ClFNO/c1-10(18-2)12-9-11(17)7-8-14(12)19-15-6-4-3-5-13(15)16/h3-10,18H,1-2H3. The fourth-order valence-corrected chi connectivity index (χ4v) is 1.93. The quantitative estimate of drug-likeness (QED) is 0.886. The Bertz CT molecular complexity index is 574. The van der Waals surface area contributed by atoms with E-state index >= 15 is 0 Å². The third-order valence-electron chi connectivity index (χ3n) is 2.93. The summed E-state index contributed by atoms with van der Waals surface area (Å²) in [5.74, 6) is 0.861. The summed E-state index contributed by atoms with van der Waals surface area (Å²) in [5, 5.41) is 3.59. The van der Waals surface area contributed by atoms with E-state index in [1.165, 1.54) is 12.1 Å². The Balaban J connectivity index is 2.37. The lowest BCUT2D eigenvalue weighted by Gasteiger charge is -2.17. The van der Waals surface area contributed by atoms with Gasteiger partial charge in [0.15, 0.2) is 0 Å². The molecule has 0 fully saturated rings. The third kappa shape index (κ3) is 3.25. The monoisotopic (exact) mass is 279 g/mol. The third-order valence-corrected chi connectivity index (χ3v) is 3.24. The molecule has 0 radical (unpaired) electrons. The van der Waals surface area contributed by atoms with Crippen LogP contribution < -0.4 is 10.1 Å². The summed E-state index contributed by atoms with van der Waals surface area (Å²) < 4.78 is 19.1. The number of nitrogens with one attached hydrogen (secondary N) is 1. The minimum absolute atomic E-state index is 0.0202. The van der Waals surface area contributed by atoms with Crippen molar-refractivity contribution in [3.63, 3.8) is 0 Å². The molecule has 0 bridgehead atoms. The second kappa shape index (κ2) is 6.04. The van der Waals surface area contributed by atoms with E-state index in [1.54, 1.807) is 18.2 Å². The van der Waals surface area contributed by atoms with Crippen LogP contribution in [0.4, 0.5) is 4.39 Å². The molecule has 1 atom stereocenters. The first-order valence-electron chi connectivity index (χ1n) is 6.01. The zero-order valence-electron chi connectivity index (χ0n) is 10.8. The summed E-state index contributed by atoms with van der Waals surface area (Å²) in [5.41, 5.74) is 0.752. The molecule has 0 aliphatic rings. The van der Waals surface area contributed by atoms with Crippen LogP contribution in [0.2, 0.25) is 5.02 Å². The van der Waals surface area contributed by atoms with Crippen LogP contribution in [0.25, 0.3) is 0 Å². The molecule has 1 N–H and O–H groups in total. The topological polar surface area (TPSA) is 21.3 Å². The molecule has 0 spiro atoms. The van der Waals surface area contributed by atoms with Gasteiger partial charge in [0.25, 0.3) is 0 Å². The molecule has 19 heavy (non-hydrogen) atoms. The lowest BCUT2D eigenvalue weighted by molar-refractivity contribution is 0.463. The molecule has 0 saturated heterocycles. The first-order valence-corrected chi connectivity index (χ1v) is 6.38. The van der Waals surface area contributed by atoms with Gasteiger partial charge in [-0.1, -0.05) is 23.7 Å². The van der Waals surface area contributed by atoms with Gasteiger partial charge in [0, 0.05) is 11.6 Å². The fraction of sp³-hybridized carbons (Fsp3) is 0.200. The largest absolute Gasteiger partial charge is 0.455 e. The molecule has 1 unspecified atom stereocenters. The van der Waals surface area contributed by atoms with Crippen molar-refractivity contribution in [2.75, 3.05) is 7.05 Å². The van der Waals surface area contributed by atoms with E-state index in [2.05, 4.69) is 5.32 Å². The van der Waals surface area contributed by atoms with Crippen molar-refractivity contribution < 1.29 is 9.13 Å². The van der Waals surface area contributed by atoms with E-state index < -0.39 is 0 Å². The minimum Gasteiger partial charge on any atom is -0.455 e. The number of rotatable bonds is 4. The average molecular weight is 280 g/mol. The Morgan fingerprint density at radius 1 is 1.16 bits per heavy atom. The van der Waals surface area contributed by atoms with Gasteiger partial charge in [0.2, 0.25) is 0 Å². The maximum Gasteiger partial charge on any atom is 0.146 e. The molecule has 2 aromatic carbocycles. The highest BCUT2D eigenvalue weighted by Gasteiger charge is 2.13. The van der Waals surface area contributed by atoms with Crippen LogP contribution in [0.1, 0.15) is 18.5 Å². The number of hydrogen-bond acceptors (Lipinski definition) is 2. The molecule has 0 heterocycles. The first kappa shape index (κ1) is 13.8. The smallest absolute Gasteiger partial charge is 0.146 e. The van der Waals surface area contributed by atoms with Crippen LogP contribution in [0, 0.1) is 5.82 Å². The summed E-state index contributed by atoms with van der Waals surface area (Å²) in [6, 6.07) is 11.6. The van der Waals surface area contributed by atoms with Gasteiger partial charge < -0.3 is 10.1 Å². The van der Waals surface area contributed by atoms with Crippen molar-refractivity contribution in [1.29, 1.82) is 0 Å². The number of benzene rings is 2. The number of ether oxygens (including phenoxy) is 1. The Labute approximate surface area is 117 Å². The van der Waals surface area contributed by atoms with Gasteiger partial charge in [-0.05, 0) is 44.3 Å². The summed E-state index contributed by atoms with van der Waals surface area (Å²) in [6.07, 6.45) is 0. The highest BCUT2D eigenvalue weighted by Crippen LogP contribution is 2.33. The zero-order valence-corrected chi connectivity index (χ0v) is 11.5. The van der Waals surface area contributed by atoms with Gasteiger partial charge in [0.1, 0.15) is 17.3 Å². The van der Waals surface area contributed by atoms with Gasteiger partial charge in [-0.25, -0.2) is 4.39 Å². The van der Waals surface area contributed by atoms with Crippen molar-refractivity contribution in [2.24, 2.45) is 0 Å². The zero-order chi connectivity index (χ0) is 13.8. The van der Waals surface area contributed by atoms with Crippen LogP contribution in [-0.2, 0) is 0 Å². The predicted octanol–water partition coefficient (Wildman–Crippen LogP) is 4.55. The van der Waals surface area contributed by atoms with Crippen molar-refractivity contribution in [2.45, 2.75) is 13.0 Å². The van der Waals surface area contributed by atoms with Crippen LogP contribution in [0.3, 0.4) is 0 Å². The van der Waals surface area contributed by atoms with E-state index in [0.29, 0.717) is 16.5 Å².